The Morgan fingerprint density at radius 3 is 3.03 bits per heavy atom. The number of aromatic hydroxyl groups is 1. The molecule has 3 heterocycles. The number of anilines is 1. The molecule has 9 heteroatoms. The Labute approximate surface area is 173 Å². The molecule has 3 N–H and O–H groups in total. The van der Waals surface area contributed by atoms with E-state index in [1.54, 1.807) is 18.2 Å². The fourth-order valence-electron chi connectivity index (χ4n) is 3.31. The third kappa shape index (κ3) is 4.35. The Balaban J connectivity index is 1.70. The van der Waals surface area contributed by atoms with E-state index in [1.165, 1.54) is 6.33 Å². The van der Waals surface area contributed by atoms with Gasteiger partial charge >= 0.3 is 0 Å². The second-order valence-electron chi connectivity index (χ2n) is 7.14. The second-order valence-corrected chi connectivity index (χ2v) is 7.14. The summed E-state index contributed by atoms with van der Waals surface area (Å²) in [6.45, 7) is 1.59. The number of likely N-dealkylation sites (N-methyl/N-ethyl adjacent to an activating group) is 1. The third-order valence-electron chi connectivity index (χ3n) is 4.99. The van der Waals surface area contributed by atoms with Gasteiger partial charge in [0.05, 0.1) is 23.2 Å². The van der Waals surface area contributed by atoms with Crippen LogP contribution in [0.5, 0.6) is 11.6 Å². The molecule has 3 aromatic rings. The number of fused-ring (bicyclic) bond motifs is 2. The summed E-state index contributed by atoms with van der Waals surface area (Å²) in [5.41, 5.74) is 1.69. The highest BCUT2D eigenvalue weighted by molar-refractivity contribution is 6.06. The van der Waals surface area contributed by atoms with Crippen molar-refractivity contribution in [1.29, 1.82) is 0 Å². The number of hydrogen-bond donors (Lipinski definition) is 3. The lowest BCUT2D eigenvalue weighted by Crippen LogP contribution is -2.31. The Kier molecular flexibility index (Phi) is 5.78. The molecule has 0 atom stereocenters. The highest BCUT2D eigenvalue weighted by Gasteiger charge is 2.16. The van der Waals surface area contributed by atoms with Gasteiger partial charge in [-0.3, -0.25) is 9.79 Å². The molecule has 0 saturated heterocycles. The summed E-state index contributed by atoms with van der Waals surface area (Å²) in [5.74, 6) is 1.34. The first kappa shape index (κ1) is 19.7. The van der Waals surface area contributed by atoms with Crippen LogP contribution < -0.4 is 10.1 Å². The number of hydrogen-bond acceptors (Lipinski definition) is 7. The number of rotatable bonds is 0. The molecule has 0 radical (unpaired) electrons. The van der Waals surface area contributed by atoms with Crippen LogP contribution in [0, 0.1) is 0 Å². The first-order valence-corrected chi connectivity index (χ1v) is 9.92. The van der Waals surface area contributed by atoms with E-state index in [-0.39, 0.29) is 11.8 Å². The molecule has 9 nitrogen and oxygen atoms in total. The molecule has 1 amide bonds. The van der Waals surface area contributed by atoms with E-state index in [4.69, 9.17) is 4.74 Å². The molecular weight excluding hydrogens is 384 g/mol. The van der Waals surface area contributed by atoms with Crippen molar-refractivity contribution in [2.75, 3.05) is 32.1 Å². The van der Waals surface area contributed by atoms with Gasteiger partial charge < -0.3 is 25.0 Å². The molecule has 30 heavy (non-hydrogen) atoms. The molecule has 156 valence electrons. The summed E-state index contributed by atoms with van der Waals surface area (Å²) in [6, 6.07) is 7.43. The van der Waals surface area contributed by atoms with Crippen molar-refractivity contribution in [2.24, 2.45) is 4.99 Å². The second kappa shape index (κ2) is 8.81. The van der Waals surface area contributed by atoms with E-state index in [1.807, 2.05) is 24.3 Å². The van der Waals surface area contributed by atoms with Crippen LogP contribution in [0.2, 0.25) is 0 Å². The average molecular weight is 408 g/mol. The van der Waals surface area contributed by atoms with Crippen LogP contribution in [-0.2, 0) is 4.79 Å². The first-order valence-electron chi connectivity index (χ1n) is 9.92. The van der Waals surface area contributed by atoms with Gasteiger partial charge in [0.25, 0.3) is 0 Å². The van der Waals surface area contributed by atoms with Gasteiger partial charge in [-0.1, -0.05) is 6.07 Å². The van der Waals surface area contributed by atoms with Crippen LogP contribution in [0.3, 0.4) is 0 Å². The summed E-state index contributed by atoms with van der Waals surface area (Å²) in [7, 11) is 1.79. The predicted octanol–water partition coefficient (Wildman–Crippen LogP) is 2.85. The van der Waals surface area contributed by atoms with E-state index in [0.29, 0.717) is 60.0 Å². The lowest BCUT2D eigenvalue weighted by Gasteiger charge is -2.18. The van der Waals surface area contributed by atoms with Crippen molar-refractivity contribution in [3.05, 3.63) is 36.2 Å². The van der Waals surface area contributed by atoms with Crippen molar-refractivity contribution in [1.82, 2.24) is 19.9 Å². The van der Waals surface area contributed by atoms with Gasteiger partial charge in [0.2, 0.25) is 5.91 Å². The topological polar surface area (TPSA) is 116 Å². The van der Waals surface area contributed by atoms with Crippen LogP contribution >= 0.6 is 0 Å². The average Bonchev–Trinajstić information content (AvgIpc) is 3.07. The van der Waals surface area contributed by atoms with Crippen molar-refractivity contribution in [3.8, 4) is 11.6 Å². The van der Waals surface area contributed by atoms with Crippen LogP contribution in [0.15, 0.2) is 35.6 Å². The van der Waals surface area contributed by atoms with E-state index >= 15 is 0 Å². The molecule has 0 aliphatic carbocycles. The standard InChI is InChI=1S/C21H24N6O3/c1-27-9-8-22-19-18-16(21(29)26-20(18)25-13-24-19)12-23-14-5-4-6-15(11-14)30-10-3-2-7-17(27)28/h4-6,11-13,29H,2-3,7-10H2,1H3,(H2,22,24,25,26). The van der Waals surface area contributed by atoms with Crippen molar-refractivity contribution in [3.63, 3.8) is 0 Å². The minimum Gasteiger partial charge on any atom is -0.494 e. The number of aromatic amines is 1. The van der Waals surface area contributed by atoms with Crippen LogP contribution in [-0.4, -0.2) is 63.8 Å². The number of aromatic nitrogens is 3. The fourth-order valence-corrected chi connectivity index (χ4v) is 3.31. The zero-order valence-electron chi connectivity index (χ0n) is 16.8. The van der Waals surface area contributed by atoms with Gasteiger partial charge in [-0.25, -0.2) is 9.97 Å². The van der Waals surface area contributed by atoms with Crippen molar-refractivity contribution in [2.45, 2.75) is 19.3 Å². The minimum absolute atomic E-state index is 0.0357. The largest absolute Gasteiger partial charge is 0.494 e. The van der Waals surface area contributed by atoms with E-state index < -0.39 is 0 Å². The number of carbonyl (C=O) groups excluding carboxylic acids is 1. The summed E-state index contributed by atoms with van der Waals surface area (Å²) < 4.78 is 5.79. The molecule has 1 aromatic carbocycles. The van der Waals surface area contributed by atoms with Gasteiger partial charge in [-0.2, -0.15) is 0 Å². The Hall–Kier alpha value is -3.62. The number of H-pyrrole nitrogens is 1. The summed E-state index contributed by atoms with van der Waals surface area (Å²) in [5, 5.41) is 14.3. The van der Waals surface area contributed by atoms with Crippen molar-refractivity contribution >= 4 is 34.7 Å². The lowest BCUT2D eigenvalue weighted by atomic mass is 10.2. The quantitative estimate of drug-likeness (QED) is 0.527. The highest BCUT2D eigenvalue weighted by atomic mass is 16.5. The van der Waals surface area contributed by atoms with Gasteiger partial charge in [0.1, 0.15) is 23.5 Å². The van der Waals surface area contributed by atoms with Crippen LogP contribution in [0.1, 0.15) is 24.8 Å². The molecule has 1 aliphatic heterocycles. The third-order valence-corrected chi connectivity index (χ3v) is 4.99. The Morgan fingerprint density at radius 2 is 2.13 bits per heavy atom. The molecule has 4 rings (SSSR count). The smallest absolute Gasteiger partial charge is 0.222 e. The molecule has 0 fully saturated rings. The zero-order valence-corrected chi connectivity index (χ0v) is 16.8. The number of ether oxygens (including phenoxy) is 1. The van der Waals surface area contributed by atoms with Crippen LogP contribution in [0.25, 0.3) is 11.0 Å². The normalized spacial score (nSPS) is 15.9. The molecule has 0 saturated carbocycles. The molecule has 0 spiro atoms. The van der Waals surface area contributed by atoms with Gasteiger partial charge in [-0.05, 0) is 25.0 Å². The maximum atomic E-state index is 12.3. The fraction of sp³-hybridized carbons (Fsp3) is 0.333. The highest BCUT2D eigenvalue weighted by Crippen LogP contribution is 2.30. The summed E-state index contributed by atoms with van der Waals surface area (Å²) in [6.07, 6.45) is 5.05. The number of aliphatic imine (C=N–C) groups is 1. The minimum atomic E-state index is -0.0357. The molecule has 2 bridgehead atoms. The number of carbonyl (C=O) groups is 1. The maximum absolute atomic E-state index is 12.3. The maximum Gasteiger partial charge on any atom is 0.222 e. The number of amides is 1. The Bertz CT molecular complexity index is 1080. The van der Waals surface area contributed by atoms with Gasteiger partial charge in [-0.15, -0.1) is 0 Å². The summed E-state index contributed by atoms with van der Waals surface area (Å²) >= 11 is 0. The monoisotopic (exact) mass is 408 g/mol. The SMILES string of the molecule is CN1CCNc2ncnc3[nH]c(O)c(c23)C=Nc2cccc(c2)OCCCCC1=O. The van der Waals surface area contributed by atoms with Gasteiger partial charge in [0.15, 0.2) is 5.88 Å². The lowest BCUT2D eigenvalue weighted by molar-refractivity contribution is -0.129. The molecular formula is C21H24N6O3. The molecule has 2 aromatic heterocycles. The van der Waals surface area contributed by atoms with Crippen molar-refractivity contribution < 1.29 is 14.6 Å². The molecule has 0 unspecified atom stereocenters. The number of benzene rings is 1. The van der Waals surface area contributed by atoms with Gasteiger partial charge in [0, 0.05) is 38.8 Å². The number of nitrogens with zero attached hydrogens (tertiary/aromatic N) is 4. The van der Waals surface area contributed by atoms with E-state index in [0.717, 1.165) is 12.8 Å². The zero-order chi connectivity index (χ0) is 20.9. The Morgan fingerprint density at radius 1 is 1.23 bits per heavy atom. The van der Waals surface area contributed by atoms with Crippen LogP contribution in [0.4, 0.5) is 11.5 Å². The van der Waals surface area contributed by atoms with E-state index in [2.05, 4.69) is 25.3 Å². The predicted molar refractivity (Wildman–Crippen MR) is 115 cm³/mol. The number of nitrogens with one attached hydrogen (secondary N) is 2. The van der Waals surface area contributed by atoms with E-state index in [9.17, 15) is 9.90 Å². The molecule has 1 aliphatic rings. The first-order chi connectivity index (χ1) is 14.6. The summed E-state index contributed by atoms with van der Waals surface area (Å²) in [4.78, 5) is 29.9.